The van der Waals surface area contributed by atoms with Crippen molar-refractivity contribution in [2.75, 3.05) is 49.6 Å². The number of allylic oxidation sites excluding steroid dienone is 1. The number of nitrogens with two attached hydrogens (primary N) is 1. The molecule has 0 radical (unpaired) electrons. The van der Waals surface area contributed by atoms with Gasteiger partial charge in [-0.3, -0.25) is 19.3 Å². The maximum Gasteiger partial charge on any atom is 0.352 e. The predicted octanol–water partition coefficient (Wildman–Crippen LogP) is 2.83. The van der Waals surface area contributed by atoms with Gasteiger partial charge in [-0.15, -0.1) is 34.4 Å². The number of benzene rings is 1. The van der Waals surface area contributed by atoms with E-state index in [1.165, 1.54) is 40.2 Å². The Labute approximate surface area is 276 Å². The number of amides is 2. The lowest BCUT2D eigenvalue weighted by atomic mass is 10.0. The Kier molecular flexibility index (Phi) is 9.60. The number of carbonyl (C=O) groups is 3. The van der Waals surface area contributed by atoms with Gasteiger partial charge in [0.05, 0.1) is 17.4 Å². The number of carboxylic acids is 1. The number of thiazole rings is 1. The number of halogens is 1. The summed E-state index contributed by atoms with van der Waals surface area (Å²) in [5.41, 5.74) is 6.42. The number of morpholine rings is 1. The molecule has 0 spiro atoms. The van der Waals surface area contributed by atoms with Gasteiger partial charge in [0.15, 0.2) is 16.3 Å². The second kappa shape index (κ2) is 13.8. The number of β-lactam (4-membered cyclic amide) rings is 1. The molecule has 2 atom stereocenters. The highest BCUT2D eigenvalue weighted by Crippen LogP contribution is 2.41. The summed E-state index contributed by atoms with van der Waals surface area (Å²) in [5.74, 6) is -2.54. The maximum atomic E-state index is 13.1. The Morgan fingerprint density at radius 2 is 2.09 bits per heavy atom. The Morgan fingerprint density at radius 3 is 2.80 bits per heavy atom. The second-order valence-electron chi connectivity index (χ2n) is 9.92. The Bertz CT molecular complexity index is 1850. The van der Waals surface area contributed by atoms with E-state index in [-0.39, 0.29) is 33.4 Å². The number of oxime groups is 1. The fourth-order valence-corrected chi connectivity index (χ4v) is 8.93. The van der Waals surface area contributed by atoms with Crippen molar-refractivity contribution in [1.29, 1.82) is 0 Å². The molecular weight excluding hydrogens is 680 g/mol. The van der Waals surface area contributed by atoms with E-state index in [9.17, 15) is 28.7 Å². The monoisotopic (exact) mass is 704 g/mol. The summed E-state index contributed by atoms with van der Waals surface area (Å²) in [6.45, 7) is 1.56. The number of thioether (sulfide) groups is 2. The third-order valence-corrected chi connectivity index (χ3v) is 11.2. The number of nitrogen functional groups attached to an aromatic ring is 1. The average Bonchev–Trinajstić information content (AvgIpc) is 3.49. The van der Waals surface area contributed by atoms with Crippen molar-refractivity contribution in [3.63, 3.8) is 0 Å². The largest absolute Gasteiger partial charge is 0.477 e. The molecule has 1 aromatic carbocycles. The second-order valence-corrected chi connectivity index (χ2v) is 14.2. The minimum absolute atomic E-state index is 0.0402. The van der Waals surface area contributed by atoms with Gasteiger partial charge in [0, 0.05) is 46.1 Å². The van der Waals surface area contributed by atoms with Crippen molar-refractivity contribution in [2.24, 2.45) is 5.16 Å². The van der Waals surface area contributed by atoms with Gasteiger partial charge < -0.3 is 30.6 Å². The lowest BCUT2D eigenvalue weighted by Gasteiger charge is -2.49. The third kappa shape index (κ3) is 6.48. The zero-order valence-corrected chi connectivity index (χ0v) is 27.0. The average molecular weight is 705 g/mol. The number of nitrogens with zero attached hydrogens (tertiary/aromatic N) is 4. The molecule has 240 valence electrons. The molecule has 5 heterocycles. The summed E-state index contributed by atoms with van der Waals surface area (Å²) in [7, 11) is 0. The summed E-state index contributed by atoms with van der Waals surface area (Å²) in [5, 5.41) is 19.2. The van der Waals surface area contributed by atoms with Crippen molar-refractivity contribution in [1.82, 2.24) is 15.2 Å². The number of anilines is 2. The van der Waals surface area contributed by atoms with Crippen LogP contribution in [0, 0.1) is 0 Å². The fraction of sp³-hybridized carbons (Fsp3) is 0.286. The minimum atomic E-state index is -1.30. The van der Waals surface area contributed by atoms with Gasteiger partial charge >= 0.3 is 5.97 Å². The molecule has 0 saturated carbocycles. The van der Waals surface area contributed by atoms with E-state index in [0.717, 1.165) is 43.9 Å². The van der Waals surface area contributed by atoms with Crippen LogP contribution in [0.5, 0.6) is 0 Å². The molecule has 2 amide bonds. The Morgan fingerprint density at radius 1 is 1.28 bits per heavy atom. The van der Waals surface area contributed by atoms with Crippen molar-refractivity contribution >= 4 is 90.6 Å². The summed E-state index contributed by atoms with van der Waals surface area (Å²) in [6.07, 6.45) is 1.62. The number of carboxylic acid groups (broad SMARTS) is 1. The first-order valence-corrected chi connectivity index (χ1v) is 17.3. The number of aliphatic carboxylic acids is 1. The van der Waals surface area contributed by atoms with Crippen LogP contribution in [0.25, 0.3) is 10.1 Å². The zero-order valence-electron chi connectivity index (χ0n) is 23.7. The van der Waals surface area contributed by atoms with E-state index >= 15 is 0 Å². The number of fused-ring (bicyclic) bond motifs is 2. The van der Waals surface area contributed by atoms with E-state index in [2.05, 4.69) is 25.2 Å². The quantitative estimate of drug-likeness (QED) is 0.122. The van der Waals surface area contributed by atoms with Crippen LogP contribution in [0.15, 0.2) is 66.6 Å². The molecule has 6 rings (SSSR count). The third-order valence-electron chi connectivity index (χ3n) is 7.19. The summed E-state index contributed by atoms with van der Waals surface area (Å²) in [6, 6.07) is 6.28. The van der Waals surface area contributed by atoms with Crippen LogP contribution in [0.3, 0.4) is 0 Å². The first-order valence-electron chi connectivity index (χ1n) is 13.7. The molecule has 3 aliphatic heterocycles. The first kappa shape index (κ1) is 32.0. The van der Waals surface area contributed by atoms with Gasteiger partial charge in [0.1, 0.15) is 22.8 Å². The molecule has 13 nitrogen and oxygen atoms in total. The molecule has 0 bridgehead atoms. The van der Waals surface area contributed by atoms with Crippen molar-refractivity contribution < 1.29 is 33.5 Å². The van der Waals surface area contributed by atoms with E-state index in [0.29, 0.717) is 24.2 Å². The van der Waals surface area contributed by atoms with E-state index in [4.69, 9.17) is 10.5 Å². The maximum absolute atomic E-state index is 13.1. The summed E-state index contributed by atoms with van der Waals surface area (Å²) >= 11 is 5.05. The Hall–Kier alpha value is -3.97. The fourth-order valence-electron chi connectivity index (χ4n) is 5.05. The zero-order chi connectivity index (χ0) is 32.4. The van der Waals surface area contributed by atoms with E-state index in [1.54, 1.807) is 17.6 Å². The number of hydrogen-bond donors (Lipinski definition) is 3. The first-order chi connectivity index (χ1) is 22.2. The minimum Gasteiger partial charge on any atom is -0.477 e. The number of rotatable bonds is 10. The number of aromatic nitrogens is 1. The molecule has 2 aromatic heterocycles. The van der Waals surface area contributed by atoms with Crippen LogP contribution in [0.4, 0.5) is 15.2 Å². The highest BCUT2D eigenvalue weighted by atomic mass is 32.2. The lowest BCUT2D eigenvalue weighted by molar-refractivity contribution is -0.150. The van der Waals surface area contributed by atoms with Crippen LogP contribution in [0.2, 0.25) is 0 Å². The van der Waals surface area contributed by atoms with Crippen molar-refractivity contribution in [3.8, 4) is 0 Å². The van der Waals surface area contributed by atoms with Crippen LogP contribution in [0.1, 0.15) is 5.69 Å². The Balaban J connectivity index is 1.17. The molecule has 4 N–H and O–H groups in total. The topological polar surface area (TPSA) is 177 Å². The van der Waals surface area contributed by atoms with Gasteiger partial charge in [0.2, 0.25) is 0 Å². The molecule has 46 heavy (non-hydrogen) atoms. The summed E-state index contributed by atoms with van der Waals surface area (Å²) in [4.78, 5) is 62.9. The lowest BCUT2D eigenvalue weighted by Crippen LogP contribution is -2.71. The van der Waals surface area contributed by atoms with Crippen LogP contribution < -0.4 is 21.4 Å². The highest BCUT2D eigenvalue weighted by molar-refractivity contribution is 8.04. The standard InChI is InChI=1S/C28H25FN6O7S4/c29-13-42-33-21(17-12-45-28(30)31-17)24(37)32-22-25(38)35-23(27(39)40)14(11-44-26(22)35)3-8-43-20-10-18(36)16-2-1-15(9-19(16)46-20)34-4-6-41-7-5-34/h1-3,8-10,12,22,26H,4-7,11,13H2,(H2,30,31)(H,32,37)(H,39,40)/b8-3+,33-21-/t22?,26-/m1/s1. The van der Waals surface area contributed by atoms with Crippen molar-refractivity contribution in [3.05, 3.63) is 68.3 Å². The molecule has 1 unspecified atom stereocenters. The van der Waals surface area contributed by atoms with Crippen LogP contribution in [-0.2, 0) is 24.0 Å². The molecule has 0 aliphatic carbocycles. The smallest absolute Gasteiger partial charge is 0.352 e. The molecule has 3 aromatic rings. The molecule has 18 heteroatoms. The number of carbonyl (C=O) groups excluding carboxylic acids is 2. The summed E-state index contributed by atoms with van der Waals surface area (Å²) < 4.78 is 19.6. The molecule has 2 saturated heterocycles. The van der Waals surface area contributed by atoms with Crippen LogP contribution >= 0.6 is 46.2 Å². The van der Waals surface area contributed by atoms with Crippen molar-refractivity contribution in [2.45, 2.75) is 15.6 Å². The molecule has 2 fully saturated rings. The molecular formula is C28H25FN6O7S4. The van der Waals surface area contributed by atoms with E-state index < -0.39 is 36.1 Å². The number of nitrogens with one attached hydrogen (secondary N) is 1. The number of ether oxygens (including phenoxy) is 1. The highest BCUT2D eigenvalue weighted by Gasteiger charge is 2.54. The number of alkyl halides is 1. The van der Waals surface area contributed by atoms with E-state index in [1.807, 2.05) is 18.2 Å². The predicted molar refractivity (Wildman–Crippen MR) is 176 cm³/mol. The molecule has 3 aliphatic rings. The van der Waals surface area contributed by atoms with Crippen LogP contribution in [-0.4, -0.2) is 88.8 Å². The SMILES string of the molecule is Nc1nc(/C(=N/OCF)C(=O)NC2C(=O)N3C(C(=O)O)=C(/C=C/Sc4cc(=O)c5ccc(N6CCOCC6)cc5s4)CS[C@H]23)cs1. The number of hydrogen-bond acceptors (Lipinski definition) is 14. The van der Waals surface area contributed by atoms with Gasteiger partial charge in [-0.05, 0) is 35.3 Å². The van der Waals surface area contributed by atoms with Gasteiger partial charge in [-0.2, -0.15) is 0 Å². The van der Waals surface area contributed by atoms with Gasteiger partial charge in [-0.1, -0.05) is 16.9 Å². The normalized spacial score (nSPS) is 20.2. The van der Waals surface area contributed by atoms with Gasteiger partial charge in [0.25, 0.3) is 18.7 Å². The van der Waals surface area contributed by atoms with Gasteiger partial charge in [-0.25, -0.2) is 14.2 Å².